The Bertz CT molecular complexity index is 466. The molecule has 14 heavy (non-hydrogen) atoms. The zero-order chi connectivity index (χ0) is 10.1. The van der Waals surface area contributed by atoms with Crippen LogP contribution in [-0.4, -0.2) is 0 Å². The zero-order valence-electron chi connectivity index (χ0n) is 7.18. The molecule has 2 aromatic rings. The minimum absolute atomic E-state index is 0.504. The van der Waals surface area contributed by atoms with E-state index in [0.29, 0.717) is 1.93 Å². The molecule has 0 saturated heterocycles. The van der Waals surface area contributed by atoms with Crippen LogP contribution in [0.5, 0.6) is 0 Å². The van der Waals surface area contributed by atoms with Gasteiger partial charge in [0, 0.05) is 4.47 Å². The van der Waals surface area contributed by atoms with Crippen LogP contribution in [0.3, 0.4) is 0 Å². The third kappa shape index (κ3) is 2.09. The van der Waals surface area contributed by atoms with Crippen LogP contribution >= 0.6 is 61.1 Å². The number of benzene rings is 2. The first kappa shape index (κ1) is 11.1. The van der Waals surface area contributed by atoms with Gasteiger partial charge in [0.25, 0.3) is 0 Å². The van der Waals surface area contributed by atoms with E-state index in [2.05, 4.69) is 97.5 Å². The molecule has 0 aromatic heterocycles. The first-order valence-electron chi connectivity index (χ1n) is 4.15. The average Bonchev–Trinajstić information content (AvgIpc) is 2.18. The minimum Gasteiger partial charge on any atom is -0.0656 e. The molecular formula is C11H7BrI2. The van der Waals surface area contributed by atoms with Crippen LogP contribution in [-0.2, 0) is 0 Å². The predicted molar refractivity (Wildman–Crippen MR) is 82.4 cm³/mol. The third-order valence-electron chi connectivity index (χ3n) is 2.13. The molecule has 2 rings (SSSR count). The summed E-state index contributed by atoms with van der Waals surface area (Å²) in [6, 6.07) is 12.8. The van der Waals surface area contributed by atoms with E-state index in [9.17, 15) is 0 Å². The van der Waals surface area contributed by atoms with Gasteiger partial charge in [-0.2, -0.15) is 0 Å². The molecule has 0 N–H and O–H groups in total. The summed E-state index contributed by atoms with van der Waals surface area (Å²) in [5.41, 5.74) is 1.35. The monoisotopic (exact) mass is 472 g/mol. The van der Waals surface area contributed by atoms with Crippen LogP contribution in [0.15, 0.2) is 40.9 Å². The molecule has 0 radical (unpaired) electrons. The van der Waals surface area contributed by atoms with Crippen molar-refractivity contribution in [2.45, 2.75) is 1.93 Å². The summed E-state index contributed by atoms with van der Waals surface area (Å²) in [6.07, 6.45) is 0. The van der Waals surface area contributed by atoms with Crippen LogP contribution in [0.1, 0.15) is 7.49 Å². The van der Waals surface area contributed by atoms with Crippen LogP contribution < -0.4 is 0 Å². The molecule has 0 saturated carbocycles. The van der Waals surface area contributed by atoms with Gasteiger partial charge in [-0.25, -0.2) is 0 Å². The summed E-state index contributed by atoms with van der Waals surface area (Å²) in [5.74, 6) is 0. The predicted octanol–water partition coefficient (Wildman–Crippen LogP) is 5.47. The van der Waals surface area contributed by atoms with Crippen molar-refractivity contribution < 1.29 is 0 Å². The molecule has 0 amide bonds. The maximum Gasteiger partial charge on any atom is 0.0885 e. The zero-order valence-corrected chi connectivity index (χ0v) is 13.1. The number of hydrogen-bond acceptors (Lipinski definition) is 0. The first-order valence-corrected chi connectivity index (χ1v) is 7.44. The van der Waals surface area contributed by atoms with E-state index in [0.717, 1.165) is 0 Å². The van der Waals surface area contributed by atoms with E-state index in [1.54, 1.807) is 0 Å². The quantitative estimate of drug-likeness (QED) is 0.381. The van der Waals surface area contributed by atoms with E-state index in [4.69, 9.17) is 0 Å². The Morgan fingerprint density at radius 3 is 2.43 bits per heavy atom. The van der Waals surface area contributed by atoms with E-state index in [1.807, 2.05) is 0 Å². The number of halogens is 3. The normalized spacial score (nSPS) is 11.1. The van der Waals surface area contributed by atoms with Gasteiger partial charge in [-0.05, 0) is 32.3 Å². The second-order valence-electron chi connectivity index (χ2n) is 2.99. The highest BCUT2D eigenvalue weighted by Gasteiger charge is 2.09. The summed E-state index contributed by atoms with van der Waals surface area (Å²) in [7, 11) is 0. The van der Waals surface area contributed by atoms with Crippen molar-refractivity contribution in [3.8, 4) is 0 Å². The van der Waals surface area contributed by atoms with Crippen molar-refractivity contribution in [2.75, 3.05) is 0 Å². The standard InChI is InChI=1S/C11H7BrI2/c12-10-8-4-2-1-3-7(8)5-6-9(10)11(13)14/h1-6,11H. The maximum absolute atomic E-state index is 3.67. The fourth-order valence-electron chi connectivity index (χ4n) is 1.42. The number of hydrogen-bond donors (Lipinski definition) is 0. The summed E-state index contributed by atoms with van der Waals surface area (Å²) >= 11 is 8.52. The van der Waals surface area contributed by atoms with E-state index >= 15 is 0 Å². The molecule has 0 spiro atoms. The summed E-state index contributed by atoms with van der Waals surface area (Å²) in [4.78, 5) is 0. The lowest BCUT2D eigenvalue weighted by molar-refractivity contribution is 1.46. The second-order valence-corrected chi connectivity index (χ2v) is 8.66. The molecule has 0 bridgehead atoms. The van der Waals surface area contributed by atoms with Crippen molar-refractivity contribution in [1.29, 1.82) is 0 Å². The van der Waals surface area contributed by atoms with Crippen LogP contribution in [0.4, 0.5) is 0 Å². The topological polar surface area (TPSA) is 0 Å². The SMILES string of the molecule is Brc1c(C(I)I)ccc2ccccc12. The minimum atomic E-state index is 0.504. The molecule has 0 heterocycles. The Balaban J connectivity index is 2.75. The van der Waals surface area contributed by atoms with Crippen LogP contribution in [0, 0.1) is 0 Å². The molecule has 0 fully saturated rings. The van der Waals surface area contributed by atoms with Gasteiger partial charge < -0.3 is 0 Å². The Morgan fingerprint density at radius 2 is 1.71 bits per heavy atom. The Morgan fingerprint density at radius 1 is 1.00 bits per heavy atom. The molecule has 72 valence electrons. The Hall–Kier alpha value is 0.640. The Kier molecular flexibility index (Phi) is 3.70. The van der Waals surface area contributed by atoms with Crippen molar-refractivity contribution in [2.24, 2.45) is 0 Å². The number of alkyl halides is 2. The molecule has 3 heteroatoms. The molecule has 0 aliphatic heterocycles. The fraction of sp³-hybridized carbons (Fsp3) is 0.0909. The third-order valence-corrected chi connectivity index (χ3v) is 4.36. The highest BCUT2D eigenvalue weighted by Crippen LogP contribution is 2.38. The lowest BCUT2D eigenvalue weighted by atomic mass is 10.1. The van der Waals surface area contributed by atoms with Gasteiger partial charge in [-0.15, -0.1) is 0 Å². The molecule has 0 nitrogen and oxygen atoms in total. The van der Waals surface area contributed by atoms with Gasteiger partial charge in [0.05, 0.1) is 1.93 Å². The van der Waals surface area contributed by atoms with Crippen LogP contribution in [0.2, 0.25) is 0 Å². The number of rotatable bonds is 1. The van der Waals surface area contributed by atoms with E-state index < -0.39 is 0 Å². The fourth-order valence-corrected chi connectivity index (χ4v) is 4.04. The molecule has 0 unspecified atom stereocenters. The average molecular weight is 473 g/mol. The largest absolute Gasteiger partial charge is 0.0885 e. The number of fused-ring (bicyclic) bond motifs is 1. The summed E-state index contributed by atoms with van der Waals surface area (Å²) < 4.78 is 1.73. The van der Waals surface area contributed by atoms with E-state index in [1.165, 1.54) is 20.8 Å². The highest BCUT2D eigenvalue weighted by atomic mass is 127. The lowest BCUT2D eigenvalue weighted by Crippen LogP contribution is -1.84. The lowest BCUT2D eigenvalue weighted by Gasteiger charge is -2.08. The van der Waals surface area contributed by atoms with Gasteiger partial charge in [0.15, 0.2) is 0 Å². The van der Waals surface area contributed by atoms with E-state index in [-0.39, 0.29) is 0 Å². The van der Waals surface area contributed by atoms with Crippen LogP contribution in [0.25, 0.3) is 10.8 Å². The first-order chi connectivity index (χ1) is 6.70. The van der Waals surface area contributed by atoms with Crippen molar-refractivity contribution in [1.82, 2.24) is 0 Å². The van der Waals surface area contributed by atoms with Crippen molar-refractivity contribution in [3.05, 3.63) is 46.4 Å². The van der Waals surface area contributed by atoms with Gasteiger partial charge in [0.2, 0.25) is 0 Å². The van der Waals surface area contributed by atoms with Crippen molar-refractivity contribution in [3.63, 3.8) is 0 Å². The summed E-state index contributed by atoms with van der Waals surface area (Å²) in [5, 5.41) is 2.58. The molecule has 0 atom stereocenters. The molecule has 2 aromatic carbocycles. The van der Waals surface area contributed by atoms with Gasteiger partial charge in [-0.3, -0.25) is 0 Å². The maximum atomic E-state index is 3.67. The highest BCUT2D eigenvalue weighted by molar-refractivity contribution is 14.2. The summed E-state index contributed by atoms with van der Waals surface area (Å²) in [6.45, 7) is 0. The van der Waals surface area contributed by atoms with Gasteiger partial charge >= 0.3 is 0 Å². The molecule has 0 aliphatic carbocycles. The van der Waals surface area contributed by atoms with Gasteiger partial charge in [-0.1, -0.05) is 81.6 Å². The van der Waals surface area contributed by atoms with Gasteiger partial charge in [0.1, 0.15) is 0 Å². The second kappa shape index (κ2) is 4.65. The Labute approximate surface area is 119 Å². The molecular weight excluding hydrogens is 466 g/mol. The smallest absolute Gasteiger partial charge is 0.0656 e. The van der Waals surface area contributed by atoms with Crippen molar-refractivity contribution >= 4 is 71.9 Å². The molecule has 0 aliphatic rings.